The first-order valence-electron chi connectivity index (χ1n) is 8.72. The number of carbonyl (C=O) groups excluding carboxylic acids is 3. The van der Waals surface area contributed by atoms with Crippen LogP contribution >= 0.6 is 11.8 Å². The molecule has 10 nitrogen and oxygen atoms in total. The lowest BCUT2D eigenvalue weighted by Crippen LogP contribution is -2.19. The number of amidine groups is 1. The van der Waals surface area contributed by atoms with Gasteiger partial charge >= 0.3 is 11.9 Å². The predicted molar refractivity (Wildman–Crippen MR) is 111 cm³/mol. The number of methoxy groups -OCH3 is 2. The highest BCUT2D eigenvalue weighted by Gasteiger charge is 2.25. The number of nitrogens with zero attached hydrogens (tertiary/aromatic N) is 2. The summed E-state index contributed by atoms with van der Waals surface area (Å²) in [6.07, 6.45) is 2.30. The van der Waals surface area contributed by atoms with Gasteiger partial charge in [0, 0.05) is 6.08 Å². The van der Waals surface area contributed by atoms with Crippen LogP contribution in [-0.4, -0.2) is 56.2 Å². The van der Waals surface area contributed by atoms with Gasteiger partial charge in [0.15, 0.2) is 23.3 Å². The molecule has 30 heavy (non-hydrogen) atoms. The van der Waals surface area contributed by atoms with Gasteiger partial charge in [-0.2, -0.15) is 5.10 Å². The molecular formula is C19H21N3O7S. The molecule has 2 rings (SSSR count). The summed E-state index contributed by atoms with van der Waals surface area (Å²) in [6, 6.07) is 4.97. The fourth-order valence-corrected chi connectivity index (χ4v) is 2.85. The Morgan fingerprint density at radius 3 is 2.67 bits per heavy atom. The van der Waals surface area contributed by atoms with E-state index in [-0.39, 0.29) is 22.8 Å². The largest absolute Gasteiger partial charge is 0.493 e. The van der Waals surface area contributed by atoms with Crippen LogP contribution in [0.25, 0.3) is 0 Å². The summed E-state index contributed by atoms with van der Waals surface area (Å²) >= 11 is 0.968. The Kier molecular flexibility index (Phi) is 8.41. The zero-order chi connectivity index (χ0) is 22.1. The maximum atomic E-state index is 11.8. The number of ether oxygens (including phenoxy) is 4. The highest BCUT2D eigenvalue weighted by Crippen LogP contribution is 2.28. The second kappa shape index (κ2) is 11.0. The van der Waals surface area contributed by atoms with Crippen molar-refractivity contribution < 1.29 is 33.3 Å². The molecule has 0 bridgehead atoms. The predicted octanol–water partition coefficient (Wildman–Crippen LogP) is 1.64. The van der Waals surface area contributed by atoms with Crippen LogP contribution in [0.1, 0.15) is 19.4 Å². The molecule has 1 aliphatic rings. The summed E-state index contributed by atoms with van der Waals surface area (Å²) in [6.45, 7) is 3.26. The zero-order valence-corrected chi connectivity index (χ0v) is 17.6. The van der Waals surface area contributed by atoms with E-state index in [1.165, 1.54) is 20.4 Å². The van der Waals surface area contributed by atoms with Gasteiger partial charge in [0.25, 0.3) is 5.91 Å². The lowest BCUT2D eigenvalue weighted by atomic mass is 10.2. The van der Waals surface area contributed by atoms with Crippen molar-refractivity contribution >= 4 is 41.0 Å². The lowest BCUT2D eigenvalue weighted by Gasteiger charge is -2.12. The van der Waals surface area contributed by atoms with Crippen molar-refractivity contribution in [2.45, 2.75) is 20.0 Å². The standard InChI is InChI=1S/C19H21N3O7S/c1-11(2)29-17(24)10-28-13-6-5-12(7-14(13)26-3)9-20-22-19-21-18(25)15(30-19)8-16(23)27-4/h5-9,11H,10H2,1-4H3,(H,21,22,25)/b15-8+,20-9?. The monoisotopic (exact) mass is 435 g/mol. The van der Waals surface area contributed by atoms with E-state index in [1.54, 1.807) is 32.0 Å². The summed E-state index contributed by atoms with van der Waals surface area (Å²) in [4.78, 5) is 34.7. The van der Waals surface area contributed by atoms with Gasteiger partial charge in [-0.3, -0.25) is 10.1 Å². The van der Waals surface area contributed by atoms with Crippen LogP contribution in [0.3, 0.4) is 0 Å². The first-order chi connectivity index (χ1) is 14.3. The lowest BCUT2D eigenvalue weighted by molar-refractivity contribution is -0.149. The SMILES string of the molecule is COC(=O)/C=C1/S/C(=N\N=Cc2ccc(OCC(=O)OC(C)C)c(OC)c2)NC1=O. The van der Waals surface area contributed by atoms with Crippen LogP contribution < -0.4 is 14.8 Å². The van der Waals surface area contributed by atoms with Crippen molar-refractivity contribution in [3.8, 4) is 11.5 Å². The van der Waals surface area contributed by atoms with E-state index in [0.717, 1.165) is 17.8 Å². The van der Waals surface area contributed by atoms with Crippen LogP contribution in [0.4, 0.5) is 0 Å². The fraction of sp³-hybridized carbons (Fsp3) is 0.316. The molecule has 1 fully saturated rings. The molecule has 0 saturated carbocycles. The van der Waals surface area contributed by atoms with Crippen LogP contribution in [-0.2, 0) is 23.9 Å². The molecule has 1 aliphatic heterocycles. The van der Waals surface area contributed by atoms with Crippen molar-refractivity contribution in [3.05, 3.63) is 34.7 Å². The van der Waals surface area contributed by atoms with Crippen molar-refractivity contribution in [1.29, 1.82) is 0 Å². The molecule has 1 amide bonds. The first kappa shape index (κ1) is 22.9. The van der Waals surface area contributed by atoms with E-state index in [4.69, 9.17) is 14.2 Å². The molecule has 1 N–H and O–H groups in total. The van der Waals surface area contributed by atoms with E-state index in [2.05, 4.69) is 20.3 Å². The molecular weight excluding hydrogens is 414 g/mol. The number of nitrogens with one attached hydrogen (secondary N) is 1. The number of rotatable bonds is 8. The Hall–Kier alpha value is -3.34. The molecule has 11 heteroatoms. The van der Waals surface area contributed by atoms with Crippen LogP contribution in [0, 0.1) is 0 Å². The topological polar surface area (TPSA) is 125 Å². The van der Waals surface area contributed by atoms with Gasteiger partial charge in [-0.15, -0.1) is 5.10 Å². The quantitative estimate of drug-likeness (QED) is 0.283. The summed E-state index contributed by atoms with van der Waals surface area (Å²) in [5.74, 6) is -0.804. The van der Waals surface area contributed by atoms with Crippen LogP contribution in [0.5, 0.6) is 11.5 Å². The highest BCUT2D eigenvalue weighted by atomic mass is 32.2. The average molecular weight is 435 g/mol. The van der Waals surface area contributed by atoms with Gasteiger partial charge in [0.2, 0.25) is 0 Å². The molecule has 0 aliphatic carbocycles. The Bertz CT molecular complexity index is 909. The minimum Gasteiger partial charge on any atom is -0.493 e. The molecule has 0 radical (unpaired) electrons. The fourth-order valence-electron chi connectivity index (χ4n) is 2.11. The normalized spacial score (nSPS) is 16.2. The summed E-state index contributed by atoms with van der Waals surface area (Å²) in [5.41, 5.74) is 0.646. The zero-order valence-electron chi connectivity index (χ0n) is 16.8. The molecule has 0 aromatic heterocycles. The minimum absolute atomic E-state index is 0.162. The third-order valence-corrected chi connectivity index (χ3v) is 4.26. The van der Waals surface area contributed by atoms with Gasteiger partial charge < -0.3 is 18.9 Å². The highest BCUT2D eigenvalue weighted by molar-refractivity contribution is 8.18. The van der Waals surface area contributed by atoms with Crippen LogP contribution in [0.2, 0.25) is 0 Å². The second-order valence-electron chi connectivity index (χ2n) is 5.98. The van der Waals surface area contributed by atoms with Gasteiger partial charge in [-0.1, -0.05) is 0 Å². The van der Waals surface area contributed by atoms with E-state index in [1.807, 2.05) is 0 Å². The van der Waals surface area contributed by atoms with Crippen molar-refractivity contribution in [3.63, 3.8) is 0 Å². The second-order valence-corrected chi connectivity index (χ2v) is 7.01. The van der Waals surface area contributed by atoms with Gasteiger partial charge in [0.05, 0.1) is 31.4 Å². The van der Waals surface area contributed by atoms with Crippen molar-refractivity contribution in [2.75, 3.05) is 20.8 Å². The Labute approximate surface area is 177 Å². The van der Waals surface area contributed by atoms with Crippen LogP contribution in [0.15, 0.2) is 39.4 Å². The average Bonchev–Trinajstić information content (AvgIpc) is 3.05. The number of benzene rings is 1. The minimum atomic E-state index is -0.635. The molecule has 1 heterocycles. The molecule has 0 spiro atoms. The van der Waals surface area contributed by atoms with Gasteiger partial charge in [-0.05, 0) is 49.4 Å². The van der Waals surface area contributed by atoms with Gasteiger partial charge in [-0.25, -0.2) is 9.59 Å². The van der Waals surface area contributed by atoms with E-state index >= 15 is 0 Å². The van der Waals surface area contributed by atoms with Gasteiger partial charge in [0.1, 0.15) is 0 Å². The Morgan fingerprint density at radius 2 is 2.00 bits per heavy atom. The third kappa shape index (κ3) is 6.92. The number of amides is 1. The Morgan fingerprint density at radius 1 is 1.23 bits per heavy atom. The van der Waals surface area contributed by atoms with E-state index in [9.17, 15) is 14.4 Å². The number of carbonyl (C=O) groups is 3. The van der Waals surface area contributed by atoms with Crippen molar-refractivity contribution in [2.24, 2.45) is 10.2 Å². The number of esters is 2. The molecule has 160 valence electrons. The number of thioether (sulfide) groups is 1. The maximum Gasteiger partial charge on any atom is 0.344 e. The third-order valence-electron chi connectivity index (χ3n) is 3.36. The Balaban J connectivity index is 2.02. The molecule has 0 atom stereocenters. The number of hydrogen-bond donors (Lipinski definition) is 1. The molecule has 1 aromatic rings. The maximum absolute atomic E-state index is 11.8. The molecule has 1 saturated heterocycles. The van der Waals surface area contributed by atoms with Crippen molar-refractivity contribution in [1.82, 2.24) is 5.32 Å². The molecule has 0 unspecified atom stereocenters. The van der Waals surface area contributed by atoms with E-state index < -0.39 is 17.8 Å². The molecule has 1 aromatic carbocycles. The summed E-state index contributed by atoms with van der Waals surface area (Å²) in [7, 11) is 2.69. The summed E-state index contributed by atoms with van der Waals surface area (Å²) in [5, 5.41) is 10.5. The summed E-state index contributed by atoms with van der Waals surface area (Å²) < 4.78 is 20.2. The van der Waals surface area contributed by atoms with E-state index in [0.29, 0.717) is 17.1 Å². The smallest absolute Gasteiger partial charge is 0.344 e. The first-order valence-corrected chi connectivity index (χ1v) is 9.54. The number of hydrogen-bond acceptors (Lipinski definition) is 10.